The molecule has 5 heteroatoms. The van der Waals surface area contributed by atoms with Crippen molar-refractivity contribution in [3.63, 3.8) is 0 Å². The fraction of sp³-hybridized carbons (Fsp3) is 0.500. The molecular formula is C20H28N2O3. The van der Waals surface area contributed by atoms with E-state index in [1.807, 2.05) is 32.9 Å². The highest BCUT2D eigenvalue weighted by atomic mass is 16.4. The first-order valence-electron chi connectivity index (χ1n) is 8.98. The summed E-state index contributed by atoms with van der Waals surface area (Å²) in [7, 11) is 0. The molecule has 2 aromatic rings. The van der Waals surface area contributed by atoms with Gasteiger partial charge in [0, 0.05) is 24.5 Å². The van der Waals surface area contributed by atoms with Gasteiger partial charge in [0.15, 0.2) is 0 Å². The van der Waals surface area contributed by atoms with Crippen LogP contribution in [0, 0.1) is 13.8 Å². The highest BCUT2D eigenvalue weighted by Crippen LogP contribution is 2.24. The van der Waals surface area contributed by atoms with Gasteiger partial charge in [-0.2, -0.15) is 0 Å². The molecule has 0 aliphatic rings. The van der Waals surface area contributed by atoms with Crippen LogP contribution >= 0.6 is 0 Å². The Hall–Kier alpha value is -2.14. The maximum atomic E-state index is 12.1. The van der Waals surface area contributed by atoms with Gasteiger partial charge in [-0.15, -0.1) is 0 Å². The zero-order valence-corrected chi connectivity index (χ0v) is 15.6. The lowest BCUT2D eigenvalue weighted by Gasteiger charge is -2.22. The molecule has 1 N–H and O–H groups in total. The Balaban J connectivity index is 2.31. The molecule has 5 nitrogen and oxygen atoms in total. The van der Waals surface area contributed by atoms with Crippen LogP contribution in [-0.2, 0) is 11.3 Å². The van der Waals surface area contributed by atoms with Gasteiger partial charge in [-0.25, -0.2) is 4.79 Å². The van der Waals surface area contributed by atoms with Gasteiger partial charge in [-0.3, -0.25) is 9.69 Å². The fourth-order valence-electron chi connectivity index (χ4n) is 2.95. The second-order valence-electron chi connectivity index (χ2n) is 6.54. The van der Waals surface area contributed by atoms with Crippen molar-refractivity contribution >= 4 is 16.9 Å². The average molecular weight is 344 g/mol. The van der Waals surface area contributed by atoms with E-state index in [1.54, 1.807) is 6.07 Å². The number of carbonyl (C=O) groups is 1. The van der Waals surface area contributed by atoms with Crippen molar-refractivity contribution in [2.75, 3.05) is 19.6 Å². The van der Waals surface area contributed by atoms with Crippen LogP contribution in [0.4, 0.5) is 0 Å². The summed E-state index contributed by atoms with van der Waals surface area (Å²) in [6, 6.07) is 5.58. The molecule has 0 atom stereocenters. The first-order valence-corrected chi connectivity index (χ1v) is 8.98. The number of hydrogen-bond acceptors (Lipinski definition) is 4. The summed E-state index contributed by atoms with van der Waals surface area (Å²) in [5, 5.41) is 3.85. The minimum Gasteiger partial charge on any atom is -0.422 e. The van der Waals surface area contributed by atoms with Gasteiger partial charge in [0.05, 0.1) is 6.54 Å². The normalized spacial score (nSPS) is 11.2. The molecule has 1 aromatic carbocycles. The SMILES string of the molecule is CCCNC(=O)CN(CCC)Cc1cc(=O)oc2c(C)c(C)ccc12. The largest absolute Gasteiger partial charge is 0.422 e. The van der Waals surface area contributed by atoms with E-state index in [-0.39, 0.29) is 11.5 Å². The number of benzene rings is 1. The number of nitrogens with zero attached hydrogens (tertiary/aromatic N) is 1. The number of amides is 1. The van der Waals surface area contributed by atoms with E-state index in [0.717, 1.165) is 41.5 Å². The zero-order chi connectivity index (χ0) is 18.4. The minimum atomic E-state index is -0.344. The van der Waals surface area contributed by atoms with Crippen molar-refractivity contribution in [3.8, 4) is 0 Å². The van der Waals surface area contributed by atoms with Crippen LogP contribution < -0.4 is 10.9 Å². The summed E-state index contributed by atoms with van der Waals surface area (Å²) >= 11 is 0. The van der Waals surface area contributed by atoms with Crippen LogP contribution in [0.15, 0.2) is 27.4 Å². The maximum absolute atomic E-state index is 12.1. The highest BCUT2D eigenvalue weighted by Gasteiger charge is 2.15. The summed E-state index contributed by atoms with van der Waals surface area (Å²) in [6.45, 7) is 10.5. The lowest BCUT2D eigenvalue weighted by atomic mass is 10.0. The number of rotatable bonds is 8. The molecule has 0 spiro atoms. The summed E-state index contributed by atoms with van der Waals surface area (Å²) in [4.78, 5) is 26.2. The monoisotopic (exact) mass is 344 g/mol. The van der Waals surface area contributed by atoms with Crippen LogP contribution in [0.1, 0.15) is 43.4 Å². The molecule has 0 aliphatic heterocycles. The van der Waals surface area contributed by atoms with Gasteiger partial charge in [0.25, 0.3) is 0 Å². The van der Waals surface area contributed by atoms with E-state index < -0.39 is 0 Å². The Morgan fingerprint density at radius 2 is 1.96 bits per heavy atom. The molecule has 0 aliphatic carbocycles. The Kier molecular flexibility index (Phi) is 6.76. The van der Waals surface area contributed by atoms with Crippen molar-refractivity contribution < 1.29 is 9.21 Å². The molecule has 0 saturated heterocycles. The first-order chi connectivity index (χ1) is 12.0. The van der Waals surface area contributed by atoms with Crippen molar-refractivity contribution in [2.45, 2.75) is 47.1 Å². The molecule has 2 rings (SSSR count). The van der Waals surface area contributed by atoms with E-state index in [0.29, 0.717) is 25.2 Å². The van der Waals surface area contributed by atoms with Gasteiger partial charge in [-0.1, -0.05) is 26.0 Å². The van der Waals surface area contributed by atoms with E-state index in [2.05, 4.69) is 17.1 Å². The van der Waals surface area contributed by atoms with E-state index >= 15 is 0 Å². The summed E-state index contributed by atoms with van der Waals surface area (Å²) < 4.78 is 5.44. The van der Waals surface area contributed by atoms with Crippen LogP contribution in [0.2, 0.25) is 0 Å². The Morgan fingerprint density at radius 1 is 1.20 bits per heavy atom. The third kappa shape index (κ3) is 4.92. The third-order valence-corrected chi connectivity index (χ3v) is 4.39. The van der Waals surface area contributed by atoms with Crippen molar-refractivity contribution in [2.24, 2.45) is 0 Å². The molecule has 136 valence electrons. The zero-order valence-electron chi connectivity index (χ0n) is 15.6. The summed E-state index contributed by atoms with van der Waals surface area (Å²) in [6.07, 6.45) is 1.86. The van der Waals surface area contributed by atoms with E-state index in [9.17, 15) is 9.59 Å². The highest BCUT2D eigenvalue weighted by molar-refractivity contribution is 5.84. The van der Waals surface area contributed by atoms with E-state index in [1.165, 1.54) is 0 Å². The lowest BCUT2D eigenvalue weighted by molar-refractivity contribution is -0.122. The van der Waals surface area contributed by atoms with Crippen molar-refractivity contribution in [1.29, 1.82) is 0 Å². The predicted molar refractivity (Wildman–Crippen MR) is 101 cm³/mol. The maximum Gasteiger partial charge on any atom is 0.336 e. The average Bonchev–Trinajstić information content (AvgIpc) is 2.57. The molecule has 25 heavy (non-hydrogen) atoms. The Labute approximate surface area is 149 Å². The fourth-order valence-corrected chi connectivity index (χ4v) is 2.95. The predicted octanol–water partition coefficient (Wildman–Crippen LogP) is 3.15. The molecule has 1 heterocycles. The number of nitrogens with one attached hydrogen (secondary N) is 1. The summed E-state index contributed by atoms with van der Waals surface area (Å²) in [5.74, 6) is 0.0228. The van der Waals surface area contributed by atoms with Gasteiger partial charge < -0.3 is 9.73 Å². The van der Waals surface area contributed by atoms with Gasteiger partial charge in [0.1, 0.15) is 5.58 Å². The second-order valence-corrected chi connectivity index (χ2v) is 6.54. The number of carbonyl (C=O) groups excluding carboxylic acids is 1. The minimum absolute atomic E-state index is 0.0228. The van der Waals surface area contributed by atoms with Crippen LogP contribution in [0.5, 0.6) is 0 Å². The molecule has 0 saturated carbocycles. The number of aryl methyl sites for hydroxylation is 2. The molecular weight excluding hydrogens is 316 g/mol. The molecule has 0 bridgehead atoms. The van der Waals surface area contributed by atoms with Crippen molar-refractivity contribution in [1.82, 2.24) is 10.2 Å². The van der Waals surface area contributed by atoms with Gasteiger partial charge in [-0.05, 0) is 49.9 Å². The Bertz CT molecular complexity index is 795. The first kappa shape index (κ1) is 19.2. The van der Waals surface area contributed by atoms with Crippen LogP contribution in [0.25, 0.3) is 11.0 Å². The molecule has 1 amide bonds. The molecule has 0 fully saturated rings. The quantitative estimate of drug-likeness (QED) is 0.747. The summed E-state index contributed by atoms with van der Waals surface area (Å²) in [5.41, 5.74) is 3.29. The lowest BCUT2D eigenvalue weighted by Crippen LogP contribution is -2.37. The van der Waals surface area contributed by atoms with Gasteiger partial charge in [0.2, 0.25) is 5.91 Å². The number of hydrogen-bond donors (Lipinski definition) is 1. The smallest absolute Gasteiger partial charge is 0.336 e. The van der Waals surface area contributed by atoms with E-state index in [4.69, 9.17) is 4.42 Å². The second kappa shape index (κ2) is 8.81. The van der Waals surface area contributed by atoms with Crippen LogP contribution in [-0.4, -0.2) is 30.4 Å². The van der Waals surface area contributed by atoms with Crippen LogP contribution in [0.3, 0.4) is 0 Å². The molecule has 0 radical (unpaired) electrons. The number of fused-ring (bicyclic) bond motifs is 1. The topological polar surface area (TPSA) is 62.6 Å². The standard InChI is InChI=1S/C20H28N2O3/c1-5-9-21-18(23)13-22(10-6-2)12-16-11-19(24)25-20-15(4)14(3)7-8-17(16)20/h7-8,11H,5-6,9-10,12-13H2,1-4H3,(H,21,23). The molecule has 1 aromatic heterocycles. The van der Waals surface area contributed by atoms with Crippen molar-refractivity contribution in [3.05, 3.63) is 45.3 Å². The molecule has 0 unspecified atom stereocenters. The Morgan fingerprint density at radius 3 is 2.64 bits per heavy atom. The van der Waals surface area contributed by atoms with Gasteiger partial charge >= 0.3 is 5.63 Å². The third-order valence-electron chi connectivity index (χ3n) is 4.39.